The van der Waals surface area contributed by atoms with E-state index in [1.165, 1.54) is 0 Å². The van der Waals surface area contributed by atoms with Gasteiger partial charge in [-0.25, -0.2) is 8.42 Å². The maximum Gasteiger partial charge on any atom is 0.226 e. The molecule has 3 atom stereocenters. The fourth-order valence-electron chi connectivity index (χ4n) is 5.06. The molecule has 2 saturated heterocycles. The van der Waals surface area contributed by atoms with E-state index in [1.807, 2.05) is 0 Å². The number of nitrogens with zero attached hydrogens (tertiary/aromatic N) is 2. The first-order valence-corrected chi connectivity index (χ1v) is 12.2. The summed E-state index contributed by atoms with van der Waals surface area (Å²) in [5, 5.41) is 11.3. The van der Waals surface area contributed by atoms with Gasteiger partial charge >= 0.3 is 0 Å². The predicted octanol–water partition coefficient (Wildman–Crippen LogP) is 1.13. The molecule has 0 radical (unpaired) electrons. The van der Waals surface area contributed by atoms with Crippen LogP contribution < -0.4 is 5.32 Å². The van der Waals surface area contributed by atoms with Crippen LogP contribution in [0.2, 0.25) is 0 Å². The Kier molecular flexibility index (Phi) is 4.65. The number of carbonyl (C=O) groups is 2. The fraction of sp³-hybridized carbons (Fsp3) is 0.591. The number of hydrogen-bond donors (Lipinski definition) is 1. The minimum absolute atomic E-state index is 0. The Labute approximate surface area is 182 Å². The van der Waals surface area contributed by atoms with Gasteiger partial charge in [0.25, 0.3) is 0 Å². The zero-order chi connectivity index (χ0) is 21.9. The number of ether oxygens (including phenoxy) is 1. The van der Waals surface area contributed by atoms with Crippen molar-refractivity contribution in [2.45, 2.75) is 41.4 Å². The minimum atomic E-state index is -3.67. The fourth-order valence-corrected chi connectivity index (χ4v) is 6.90. The molecule has 1 aromatic carbocycles. The van der Waals surface area contributed by atoms with E-state index in [1.54, 1.807) is 35.2 Å². The lowest BCUT2D eigenvalue weighted by molar-refractivity contribution is -0.198. The lowest BCUT2D eigenvalue weighted by atomic mass is 9.77. The Morgan fingerprint density at radius 1 is 1.13 bits per heavy atom. The predicted molar refractivity (Wildman–Crippen MR) is 111 cm³/mol. The van der Waals surface area contributed by atoms with Crippen LogP contribution in [0.3, 0.4) is 0 Å². The van der Waals surface area contributed by atoms with Crippen molar-refractivity contribution in [3.05, 3.63) is 30.3 Å². The summed E-state index contributed by atoms with van der Waals surface area (Å²) in [6.07, 6.45) is 1.37. The Bertz CT molecular complexity index is 1050. The molecule has 1 aromatic rings. The topological polar surface area (TPSA) is 117 Å². The molecule has 2 aliphatic heterocycles. The third kappa shape index (κ3) is 3.42. The summed E-state index contributed by atoms with van der Waals surface area (Å²) in [4.78, 5) is 28.3. The first-order valence-electron chi connectivity index (χ1n) is 10.7. The number of sulfone groups is 1. The largest absolute Gasteiger partial charge is 0.380 e. The van der Waals surface area contributed by atoms with Gasteiger partial charge in [0.15, 0.2) is 9.84 Å². The normalized spacial score (nSPS) is 30.0. The van der Waals surface area contributed by atoms with Crippen LogP contribution in [0.4, 0.5) is 0 Å². The summed E-state index contributed by atoms with van der Waals surface area (Å²) in [6.45, 7) is 2.46. The molecule has 2 heterocycles. The van der Waals surface area contributed by atoms with E-state index >= 15 is 0 Å². The summed E-state index contributed by atoms with van der Waals surface area (Å²) in [6, 6.07) is 10.3. The number of hydrogen-bond acceptors (Lipinski definition) is 6. The molecule has 8 nitrogen and oxygen atoms in total. The van der Waals surface area contributed by atoms with Crippen molar-refractivity contribution in [1.82, 2.24) is 10.2 Å². The van der Waals surface area contributed by atoms with Gasteiger partial charge in [0.1, 0.15) is 5.54 Å². The summed E-state index contributed by atoms with van der Waals surface area (Å²) in [5.74, 6) is -2.00. The quantitative estimate of drug-likeness (QED) is 0.726. The van der Waals surface area contributed by atoms with Crippen molar-refractivity contribution in [1.29, 1.82) is 5.26 Å². The molecule has 31 heavy (non-hydrogen) atoms. The highest BCUT2D eigenvalue weighted by atomic mass is 32.2. The van der Waals surface area contributed by atoms with Gasteiger partial charge in [0.05, 0.1) is 46.7 Å². The van der Waals surface area contributed by atoms with Crippen LogP contribution in [0.5, 0.6) is 0 Å². The number of benzene rings is 1. The second kappa shape index (κ2) is 7.04. The average molecular weight is 446 g/mol. The highest BCUT2D eigenvalue weighted by molar-refractivity contribution is 7.92. The molecule has 0 unspecified atom stereocenters. The van der Waals surface area contributed by atoms with Gasteiger partial charge in [0.2, 0.25) is 11.8 Å². The third-order valence-electron chi connectivity index (χ3n) is 7.19. The van der Waals surface area contributed by atoms with Gasteiger partial charge in [-0.15, -0.1) is 0 Å². The number of amides is 2. The third-order valence-corrected chi connectivity index (χ3v) is 9.38. The second-order valence-electron chi connectivity index (χ2n) is 9.53. The highest BCUT2D eigenvalue weighted by Crippen LogP contribution is 2.44. The zero-order valence-electron chi connectivity index (χ0n) is 17.1. The molecule has 5 rings (SSSR count). The molecule has 0 aromatic heterocycles. The van der Waals surface area contributed by atoms with E-state index < -0.39 is 32.5 Å². The van der Waals surface area contributed by atoms with E-state index in [0.717, 1.165) is 0 Å². The first kappa shape index (κ1) is 20.5. The van der Waals surface area contributed by atoms with Crippen LogP contribution in [0.25, 0.3) is 0 Å². The lowest BCUT2D eigenvalue weighted by Gasteiger charge is -2.55. The van der Waals surface area contributed by atoms with E-state index in [0.29, 0.717) is 39.1 Å². The lowest BCUT2D eigenvalue weighted by Crippen LogP contribution is -2.68. The molecule has 4 fully saturated rings. The summed E-state index contributed by atoms with van der Waals surface area (Å²) in [5.41, 5.74) is -0.814. The summed E-state index contributed by atoms with van der Waals surface area (Å²) in [7, 11) is -3.67. The molecule has 9 heteroatoms. The van der Waals surface area contributed by atoms with Crippen molar-refractivity contribution in [3.8, 4) is 6.07 Å². The van der Waals surface area contributed by atoms with Gasteiger partial charge in [-0.1, -0.05) is 18.2 Å². The van der Waals surface area contributed by atoms with E-state index in [-0.39, 0.29) is 36.4 Å². The monoisotopic (exact) mass is 445 g/mol. The van der Waals surface area contributed by atoms with Gasteiger partial charge in [-0.2, -0.15) is 5.26 Å². The van der Waals surface area contributed by atoms with Crippen molar-refractivity contribution in [2.24, 2.45) is 17.3 Å². The van der Waals surface area contributed by atoms with Crippen LogP contribution in [-0.4, -0.2) is 62.2 Å². The Morgan fingerprint density at radius 3 is 2.32 bits per heavy atom. The van der Waals surface area contributed by atoms with Gasteiger partial charge in [-0.05, 0) is 37.8 Å². The van der Waals surface area contributed by atoms with Gasteiger partial charge < -0.3 is 15.0 Å². The summed E-state index contributed by atoms with van der Waals surface area (Å²) >= 11 is 0. The van der Waals surface area contributed by atoms with E-state index in [2.05, 4.69) is 11.4 Å². The Morgan fingerprint density at radius 2 is 1.77 bits per heavy atom. The van der Waals surface area contributed by atoms with Crippen molar-refractivity contribution in [2.75, 3.05) is 26.3 Å². The number of rotatable bonds is 5. The molecular formula is C22H27N3O5S. The maximum atomic E-state index is 13.3. The number of nitriles is 1. The molecule has 4 aliphatic rings. The minimum Gasteiger partial charge on any atom is -0.380 e. The number of likely N-dealkylation sites (tertiary alicyclic amines) is 1. The molecule has 2 amide bonds. The summed E-state index contributed by atoms with van der Waals surface area (Å²) < 4.78 is 31.7. The molecule has 166 valence electrons. The smallest absolute Gasteiger partial charge is 0.226 e. The SMILES string of the molecule is N#CC1(NC(=O)[C@@H]2C[C@@H](S(=O)(=O)c3ccccc3)C[C@H]2C(=O)N2CC3(COC3)C2)CC1.[HH]. The van der Waals surface area contributed by atoms with Crippen LogP contribution in [0.1, 0.15) is 27.1 Å². The molecular weight excluding hydrogens is 418 g/mol. The zero-order valence-corrected chi connectivity index (χ0v) is 17.9. The van der Waals surface area contributed by atoms with Crippen LogP contribution in [0, 0.1) is 28.6 Å². The van der Waals surface area contributed by atoms with Crippen molar-refractivity contribution in [3.63, 3.8) is 0 Å². The van der Waals surface area contributed by atoms with Gasteiger partial charge in [0, 0.05) is 14.5 Å². The Hall–Kier alpha value is -2.44. The van der Waals surface area contributed by atoms with Crippen LogP contribution >= 0.6 is 0 Å². The molecule has 2 aliphatic carbocycles. The van der Waals surface area contributed by atoms with Crippen molar-refractivity contribution < 1.29 is 24.2 Å². The Balaban J connectivity index is 0.00000245. The highest BCUT2D eigenvalue weighted by Gasteiger charge is 2.56. The number of nitrogens with one attached hydrogen (secondary N) is 1. The average Bonchev–Trinajstić information content (AvgIpc) is 3.31. The molecule has 2 saturated carbocycles. The van der Waals surface area contributed by atoms with E-state index in [9.17, 15) is 23.3 Å². The van der Waals surface area contributed by atoms with Gasteiger partial charge in [-0.3, -0.25) is 9.59 Å². The maximum absolute atomic E-state index is 13.3. The molecule has 0 bridgehead atoms. The van der Waals surface area contributed by atoms with Crippen LogP contribution in [0.15, 0.2) is 35.2 Å². The van der Waals surface area contributed by atoms with Crippen molar-refractivity contribution >= 4 is 21.7 Å². The first-order chi connectivity index (χ1) is 14.8. The molecule has 1 N–H and O–H groups in total. The molecule has 1 spiro atoms. The number of carbonyl (C=O) groups excluding carboxylic acids is 2. The van der Waals surface area contributed by atoms with Crippen LogP contribution in [-0.2, 0) is 24.2 Å². The van der Waals surface area contributed by atoms with E-state index in [4.69, 9.17) is 4.74 Å². The second-order valence-corrected chi connectivity index (χ2v) is 11.8. The standard InChI is InChI=1S/C22H25N3O5S.H2/c23-10-22(6-7-22)24-19(26)17-8-16(31(28,29)15-4-2-1-3-5-15)9-18(17)20(27)25-11-21(12-25)13-30-14-21;/h1-5,16-18H,6-9,11-14H2,(H,24,26);1H/t16-,17-,18-;/m1./s1.